The van der Waals surface area contributed by atoms with E-state index in [0.717, 1.165) is 37.2 Å². The van der Waals surface area contributed by atoms with E-state index in [1.165, 1.54) is 12.0 Å². The number of rotatable bonds is 6. The van der Waals surface area contributed by atoms with Crippen molar-refractivity contribution in [1.82, 2.24) is 30.3 Å². The molecular weight excluding hydrogens is 465 g/mol. The van der Waals surface area contributed by atoms with E-state index in [4.69, 9.17) is 0 Å². The van der Waals surface area contributed by atoms with Gasteiger partial charge in [0.2, 0.25) is 0 Å². The molecule has 1 aromatic heterocycles. The standard InChI is InChI=1S/C20H31N7.HI/c1-15-10-18(14-27(15)13-17-8-6-5-7-9-17)11-22-20(21-3)23-12-19-25-24-16(2)26(19)4;/h5-9,15,18H,10-14H2,1-4H3,(H2,21,22,23);1H. The second-order valence-electron chi connectivity index (χ2n) is 7.39. The maximum Gasteiger partial charge on any atom is 0.191 e. The molecule has 0 radical (unpaired) electrons. The first-order valence-corrected chi connectivity index (χ1v) is 9.64. The number of aromatic nitrogens is 3. The number of nitrogens with zero attached hydrogens (tertiary/aromatic N) is 5. The van der Waals surface area contributed by atoms with Gasteiger partial charge in [0, 0.05) is 39.8 Å². The summed E-state index contributed by atoms with van der Waals surface area (Å²) in [5, 5.41) is 15.1. The number of aryl methyl sites for hydroxylation is 1. The van der Waals surface area contributed by atoms with Gasteiger partial charge in [-0.1, -0.05) is 30.3 Å². The average molecular weight is 497 g/mol. The van der Waals surface area contributed by atoms with Crippen molar-refractivity contribution in [3.8, 4) is 0 Å². The third-order valence-electron chi connectivity index (χ3n) is 5.40. The molecule has 1 saturated heterocycles. The number of nitrogens with one attached hydrogen (secondary N) is 2. The molecule has 2 aromatic rings. The lowest BCUT2D eigenvalue weighted by atomic mass is 10.1. The van der Waals surface area contributed by atoms with Crippen molar-refractivity contribution in [2.24, 2.45) is 18.0 Å². The Labute approximate surface area is 185 Å². The monoisotopic (exact) mass is 497 g/mol. The SMILES string of the molecule is CN=C(NCc1nnc(C)n1C)NCC1CC(C)N(Cc2ccccc2)C1.I. The number of likely N-dealkylation sites (tertiary alicyclic amines) is 1. The van der Waals surface area contributed by atoms with Crippen LogP contribution in [0.4, 0.5) is 0 Å². The van der Waals surface area contributed by atoms with Gasteiger partial charge in [0.1, 0.15) is 5.82 Å². The Bertz CT molecular complexity index is 759. The third-order valence-corrected chi connectivity index (χ3v) is 5.40. The molecule has 1 aromatic carbocycles. The zero-order chi connectivity index (χ0) is 19.2. The van der Waals surface area contributed by atoms with Crippen molar-refractivity contribution >= 4 is 29.9 Å². The fourth-order valence-electron chi connectivity index (χ4n) is 3.63. The summed E-state index contributed by atoms with van der Waals surface area (Å²) in [7, 11) is 3.78. The Kier molecular flexibility index (Phi) is 8.68. The van der Waals surface area contributed by atoms with Crippen molar-refractivity contribution in [1.29, 1.82) is 0 Å². The van der Waals surface area contributed by atoms with E-state index in [0.29, 0.717) is 18.5 Å². The molecule has 1 fully saturated rings. The van der Waals surface area contributed by atoms with Crippen LogP contribution in [0.15, 0.2) is 35.3 Å². The largest absolute Gasteiger partial charge is 0.356 e. The minimum Gasteiger partial charge on any atom is -0.356 e. The molecule has 2 N–H and O–H groups in total. The Balaban J connectivity index is 0.00000280. The number of halogens is 1. The van der Waals surface area contributed by atoms with E-state index < -0.39 is 0 Å². The van der Waals surface area contributed by atoms with E-state index in [9.17, 15) is 0 Å². The van der Waals surface area contributed by atoms with Gasteiger partial charge in [-0.2, -0.15) is 0 Å². The molecule has 8 heteroatoms. The second kappa shape index (κ2) is 10.8. The van der Waals surface area contributed by atoms with E-state index in [1.54, 1.807) is 7.05 Å². The quantitative estimate of drug-likeness (QED) is 0.364. The Morgan fingerprint density at radius 2 is 1.96 bits per heavy atom. The molecule has 1 aliphatic rings. The molecule has 0 aliphatic carbocycles. The maximum absolute atomic E-state index is 4.33. The molecule has 0 amide bonds. The Morgan fingerprint density at radius 1 is 1.21 bits per heavy atom. The van der Waals surface area contributed by atoms with Crippen molar-refractivity contribution in [3.63, 3.8) is 0 Å². The molecule has 1 aliphatic heterocycles. The fourth-order valence-corrected chi connectivity index (χ4v) is 3.63. The number of hydrogen-bond donors (Lipinski definition) is 2. The molecule has 7 nitrogen and oxygen atoms in total. The minimum absolute atomic E-state index is 0. The van der Waals surface area contributed by atoms with Gasteiger partial charge < -0.3 is 15.2 Å². The molecule has 28 heavy (non-hydrogen) atoms. The van der Waals surface area contributed by atoms with Crippen LogP contribution in [-0.2, 0) is 20.1 Å². The van der Waals surface area contributed by atoms with Gasteiger partial charge in [-0.3, -0.25) is 9.89 Å². The first-order chi connectivity index (χ1) is 13.1. The van der Waals surface area contributed by atoms with Crippen LogP contribution in [0.5, 0.6) is 0 Å². The Hall–Kier alpha value is -1.68. The number of benzene rings is 1. The molecule has 2 heterocycles. The lowest BCUT2D eigenvalue weighted by Crippen LogP contribution is -2.40. The van der Waals surface area contributed by atoms with Crippen LogP contribution >= 0.6 is 24.0 Å². The summed E-state index contributed by atoms with van der Waals surface area (Å²) in [6.45, 7) is 7.95. The van der Waals surface area contributed by atoms with Crippen LogP contribution in [0.1, 0.15) is 30.6 Å². The summed E-state index contributed by atoms with van der Waals surface area (Å²) in [6.07, 6.45) is 1.21. The number of hydrogen-bond acceptors (Lipinski definition) is 4. The summed E-state index contributed by atoms with van der Waals surface area (Å²) < 4.78 is 1.99. The molecular formula is C20H32IN7. The highest BCUT2D eigenvalue weighted by atomic mass is 127. The smallest absolute Gasteiger partial charge is 0.191 e. The van der Waals surface area contributed by atoms with Crippen LogP contribution < -0.4 is 10.6 Å². The van der Waals surface area contributed by atoms with Gasteiger partial charge in [0.05, 0.1) is 6.54 Å². The summed E-state index contributed by atoms with van der Waals surface area (Å²) >= 11 is 0. The lowest BCUT2D eigenvalue weighted by molar-refractivity contribution is 0.255. The van der Waals surface area contributed by atoms with Crippen LogP contribution in [-0.4, -0.2) is 51.8 Å². The maximum atomic E-state index is 4.33. The third kappa shape index (κ3) is 5.91. The summed E-state index contributed by atoms with van der Waals surface area (Å²) in [5.74, 6) is 3.25. The van der Waals surface area contributed by atoms with E-state index in [1.807, 2.05) is 18.5 Å². The van der Waals surface area contributed by atoms with Crippen LogP contribution in [0.2, 0.25) is 0 Å². The average Bonchev–Trinajstić information content (AvgIpc) is 3.19. The van der Waals surface area contributed by atoms with Gasteiger partial charge in [0.25, 0.3) is 0 Å². The van der Waals surface area contributed by atoms with Gasteiger partial charge in [-0.15, -0.1) is 34.2 Å². The highest BCUT2D eigenvalue weighted by Gasteiger charge is 2.28. The molecule has 154 valence electrons. The highest BCUT2D eigenvalue weighted by molar-refractivity contribution is 14.0. The molecule has 3 rings (SSSR count). The number of guanidine groups is 1. The van der Waals surface area contributed by atoms with Gasteiger partial charge in [0.15, 0.2) is 11.8 Å². The predicted molar refractivity (Wildman–Crippen MR) is 124 cm³/mol. The molecule has 2 unspecified atom stereocenters. The summed E-state index contributed by atoms with van der Waals surface area (Å²) in [5.41, 5.74) is 1.38. The normalized spacial score (nSPS) is 20.1. The zero-order valence-corrected chi connectivity index (χ0v) is 19.6. The molecule has 0 saturated carbocycles. The van der Waals surface area contributed by atoms with E-state index in [2.05, 4.69) is 68.0 Å². The minimum atomic E-state index is 0. The molecule has 0 spiro atoms. The summed E-state index contributed by atoms with van der Waals surface area (Å²) in [4.78, 5) is 6.90. The molecule has 2 atom stereocenters. The first-order valence-electron chi connectivity index (χ1n) is 9.64. The first kappa shape index (κ1) is 22.6. The van der Waals surface area contributed by atoms with E-state index in [-0.39, 0.29) is 24.0 Å². The summed E-state index contributed by atoms with van der Waals surface area (Å²) in [6, 6.07) is 11.3. The van der Waals surface area contributed by atoms with Crippen molar-refractivity contribution in [2.75, 3.05) is 20.1 Å². The van der Waals surface area contributed by atoms with E-state index >= 15 is 0 Å². The predicted octanol–water partition coefficient (Wildman–Crippen LogP) is 2.32. The van der Waals surface area contributed by atoms with Crippen molar-refractivity contribution in [3.05, 3.63) is 47.5 Å². The van der Waals surface area contributed by atoms with Gasteiger partial charge in [-0.25, -0.2) is 0 Å². The van der Waals surface area contributed by atoms with Gasteiger partial charge >= 0.3 is 0 Å². The van der Waals surface area contributed by atoms with Crippen LogP contribution in [0.3, 0.4) is 0 Å². The Morgan fingerprint density at radius 3 is 2.61 bits per heavy atom. The topological polar surface area (TPSA) is 70.4 Å². The lowest BCUT2D eigenvalue weighted by Gasteiger charge is -2.21. The number of aliphatic imine (C=N–C) groups is 1. The van der Waals surface area contributed by atoms with Crippen LogP contribution in [0, 0.1) is 12.8 Å². The second-order valence-corrected chi connectivity index (χ2v) is 7.39. The fraction of sp³-hybridized carbons (Fsp3) is 0.550. The molecule has 0 bridgehead atoms. The van der Waals surface area contributed by atoms with Crippen LogP contribution in [0.25, 0.3) is 0 Å². The van der Waals surface area contributed by atoms with Crippen molar-refractivity contribution < 1.29 is 0 Å². The highest BCUT2D eigenvalue weighted by Crippen LogP contribution is 2.24. The van der Waals surface area contributed by atoms with Crippen molar-refractivity contribution in [2.45, 2.75) is 39.4 Å². The van der Waals surface area contributed by atoms with Gasteiger partial charge in [-0.05, 0) is 31.7 Å². The zero-order valence-electron chi connectivity index (χ0n) is 17.2.